The van der Waals surface area contributed by atoms with Crippen molar-refractivity contribution in [1.29, 1.82) is 0 Å². The van der Waals surface area contributed by atoms with Crippen LogP contribution < -0.4 is 0 Å². The number of halogens is 1. The Labute approximate surface area is 92.7 Å². The van der Waals surface area contributed by atoms with E-state index >= 15 is 0 Å². The van der Waals surface area contributed by atoms with Crippen molar-refractivity contribution in [2.75, 3.05) is 0 Å². The van der Waals surface area contributed by atoms with E-state index in [9.17, 15) is 4.79 Å². The molecule has 0 radical (unpaired) electrons. The normalized spacial score (nSPS) is 10.1. The SMILES string of the molecule is CCc1cc(I)cc(CC(C)=O)c1. The quantitative estimate of drug-likeness (QED) is 0.781. The fourth-order valence-corrected chi connectivity index (χ4v) is 2.11. The van der Waals surface area contributed by atoms with Crippen LogP contribution in [0.15, 0.2) is 18.2 Å². The van der Waals surface area contributed by atoms with Crippen LogP contribution >= 0.6 is 22.6 Å². The van der Waals surface area contributed by atoms with E-state index in [0.29, 0.717) is 6.42 Å². The molecule has 0 saturated heterocycles. The number of carbonyl (C=O) groups excluding carboxylic acids is 1. The Kier molecular flexibility index (Phi) is 3.90. The molecule has 13 heavy (non-hydrogen) atoms. The lowest BCUT2D eigenvalue weighted by atomic mass is 10.1. The molecular weight excluding hydrogens is 275 g/mol. The molecule has 0 unspecified atom stereocenters. The minimum absolute atomic E-state index is 0.226. The molecule has 1 aromatic rings. The number of ketones is 1. The summed E-state index contributed by atoms with van der Waals surface area (Å²) in [4.78, 5) is 10.9. The first-order chi connectivity index (χ1) is 6.11. The average molecular weight is 288 g/mol. The molecule has 70 valence electrons. The summed E-state index contributed by atoms with van der Waals surface area (Å²) in [5.41, 5.74) is 2.44. The molecule has 0 aromatic heterocycles. The third-order valence-corrected chi connectivity index (χ3v) is 2.50. The number of aryl methyl sites for hydroxylation is 1. The summed E-state index contributed by atoms with van der Waals surface area (Å²) in [6.07, 6.45) is 1.59. The summed E-state index contributed by atoms with van der Waals surface area (Å²) in [6.45, 7) is 3.76. The van der Waals surface area contributed by atoms with Crippen molar-refractivity contribution >= 4 is 28.4 Å². The molecule has 0 aliphatic heterocycles. The predicted octanol–water partition coefficient (Wildman–Crippen LogP) is 2.99. The van der Waals surface area contributed by atoms with Gasteiger partial charge in [0.2, 0.25) is 0 Å². The minimum Gasteiger partial charge on any atom is -0.300 e. The number of hydrogen-bond acceptors (Lipinski definition) is 1. The molecule has 1 nitrogen and oxygen atoms in total. The van der Waals surface area contributed by atoms with Gasteiger partial charge in [0.05, 0.1) is 0 Å². The van der Waals surface area contributed by atoms with Crippen LogP contribution in [0.5, 0.6) is 0 Å². The Morgan fingerprint density at radius 1 is 1.31 bits per heavy atom. The number of Topliss-reactive ketones (excluding diaryl/α,β-unsaturated/α-hetero) is 1. The van der Waals surface area contributed by atoms with Crippen LogP contribution in [0.3, 0.4) is 0 Å². The summed E-state index contributed by atoms with van der Waals surface area (Å²) >= 11 is 2.29. The highest BCUT2D eigenvalue weighted by Crippen LogP contribution is 2.13. The lowest BCUT2D eigenvalue weighted by molar-refractivity contribution is -0.116. The van der Waals surface area contributed by atoms with Crippen LogP contribution in [0.1, 0.15) is 25.0 Å². The molecule has 0 atom stereocenters. The van der Waals surface area contributed by atoms with Crippen molar-refractivity contribution in [3.05, 3.63) is 32.9 Å². The van der Waals surface area contributed by atoms with Crippen LogP contribution in [0.2, 0.25) is 0 Å². The summed E-state index contributed by atoms with van der Waals surface area (Å²) in [5, 5.41) is 0. The number of hydrogen-bond donors (Lipinski definition) is 0. The first kappa shape index (κ1) is 10.7. The Balaban J connectivity index is 2.94. The average Bonchev–Trinajstić information content (AvgIpc) is 2.01. The Morgan fingerprint density at radius 3 is 2.46 bits per heavy atom. The van der Waals surface area contributed by atoms with Crippen molar-refractivity contribution in [3.8, 4) is 0 Å². The van der Waals surface area contributed by atoms with Crippen molar-refractivity contribution in [3.63, 3.8) is 0 Å². The minimum atomic E-state index is 0.226. The van der Waals surface area contributed by atoms with Gasteiger partial charge in [0.15, 0.2) is 0 Å². The molecule has 0 aliphatic carbocycles. The summed E-state index contributed by atoms with van der Waals surface area (Å²) in [7, 11) is 0. The van der Waals surface area contributed by atoms with Gasteiger partial charge < -0.3 is 0 Å². The van der Waals surface area contributed by atoms with Crippen molar-refractivity contribution in [2.45, 2.75) is 26.7 Å². The molecule has 1 aromatic carbocycles. The van der Waals surface area contributed by atoms with Crippen LogP contribution in [-0.4, -0.2) is 5.78 Å². The van der Waals surface area contributed by atoms with E-state index in [-0.39, 0.29) is 5.78 Å². The number of benzene rings is 1. The summed E-state index contributed by atoms with van der Waals surface area (Å²) in [5.74, 6) is 0.226. The standard InChI is InChI=1S/C11H13IO/c1-3-9-5-10(4-8(2)13)7-11(12)6-9/h5-7H,3-4H2,1-2H3. The van der Waals surface area contributed by atoms with Crippen molar-refractivity contribution in [1.82, 2.24) is 0 Å². The monoisotopic (exact) mass is 288 g/mol. The van der Waals surface area contributed by atoms with E-state index in [1.807, 2.05) is 0 Å². The van der Waals surface area contributed by atoms with Crippen molar-refractivity contribution < 1.29 is 4.79 Å². The number of rotatable bonds is 3. The van der Waals surface area contributed by atoms with Crippen molar-refractivity contribution in [2.24, 2.45) is 0 Å². The zero-order valence-corrected chi connectivity index (χ0v) is 10.1. The van der Waals surface area contributed by atoms with E-state index in [1.165, 1.54) is 9.13 Å². The molecule has 0 amide bonds. The molecule has 0 aliphatic rings. The van der Waals surface area contributed by atoms with E-state index < -0.39 is 0 Å². The maximum Gasteiger partial charge on any atom is 0.134 e. The lowest BCUT2D eigenvalue weighted by Crippen LogP contribution is -1.97. The third-order valence-electron chi connectivity index (χ3n) is 1.88. The zero-order valence-electron chi connectivity index (χ0n) is 7.93. The molecule has 0 N–H and O–H groups in total. The molecular formula is C11H13IO. The molecule has 0 fully saturated rings. The highest BCUT2D eigenvalue weighted by atomic mass is 127. The van der Waals surface area contributed by atoms with E-state index in [0.717, 1.165) is 12.0 Å². The molecule has 0 bridgehead atoms. The maximum atomic E-state index is 10.9. The van der Waals surface area contributed by atoms with Gasteiger partial charge in [-0.15, -0.1) is 0 Å². The maximum absolute atomic E-state index is 10.9. The molecule has 0 spiro atoms. The lowest BCUT2D eigenvalue weighted by Gasteiger charge is -2.03. The van der Waals surface area contributed by atoms with Crippen LogP contribution in [0.25, 0.3) is 0 Å². The third kappa shape index (κ3) is 3.46. The molecule has 0 heterocycles. The fraction of sp³-hybridized carbons (Fsp3) is 0.364. The van der Waals surface area contributed by atoms with Crippen LogP contribution in [-0.2, 0) is 17.6 Å². The summed E-state index contributed by atoms with van der Waals surface area (Å²) in [6, 6.07) is 6.34. The van der Waals surface area contributed by atoms with Gasteiger partial charge in [-0.3, -0.25) is 4.79 Å². The largest absolute Gasteiger partial charge is 0.300 e. The second-order valence-electron chi connectivity index (χ2n) is 3.20. The first-order valence-corrected chi connectivity index (χ1v) is 5.47. The highest BCUT2D eigenvalue weighted by molar-refractivity contribution is 14.1. The van der Waals surface area contributed by atoms with Gasteiger partial charge in [-0.25, -0.2) is 0 Å². The highest BCUT2D eigenvalue weighted by Gasteiger charge is 2.00. The van der Waals surface area contributed by atoms with E-state index in [1.54, 1.807) is 6.92 Å². The first-order valence-electron chi connectivity index (χ1n) is 4.39. The zero-order chi connectivity index (χ0) is 9.84. The fourth-order valence-electron chi connectivity index (χ4n) is 1.31. The Bertz CT molecular complexity index is 318. The van der Waals surface area contributed by atoms with Crippen LogP contribution in [0.4, 0.5) is 0 Å². The van der Waals surface area contributed by atoms with Gasteiger partial charge >= 0.3 is 0 Å². The molecule has 0 saturated carbocycles. The topological polar surface area (TPSA) is 17.1 Å². The van der Waals surface area contributed by atoms with Gasteiger partial charge in [-0.1, -0.05) is 13.0 Å². The Hall–Kier alpha value is -0.380. The van der Waals surface area contributed by atoms with Gasteiger partial charge in [0.1, 0.15) is 5.78 Å². The van der Waals surface area contributed by atoms with E-state index in [2.05, 4.69) is 47.7 Å². The summed E-state index contributed by atoms with van der Waals surface area (Å²) < 4.78 is 1.22. The van der Waals surface area contributed by atoms with Gasteiger partial charge in [-0.05, 0) is 59.2 Å². The van der Waals surface area contributed by atoms with Crippen LogP contribution in [0, 0.1) is 3.57 Å². The second kappa shape index (κ2) is 4.74. The van der Waals surface area contributed by atoms with E-state index in [4.69, 9.17) is 0 Å². The van der Waals surface area contributed by atoms with Gasteiger partial charge in [-0.2, -0.15) is 0 Å². The number of carbonyl (C=O) groups is 1. The molecule has 1 rings (SSSR count). The molecule has 2 heteroatoms. The van der Waals surface area contributed by atoms with Gasteiger partial charge in [0.25, 0.3) is 0 Å². The van der Waals surface area contributed by atoms with Gasteiger partial charge in [0, 0.05) is 9.99 Å². The predicted molar refractivity (Wildman–Crippen MR) is 62.9 cm³/mol. The smallest absolute Gasteiger partial charge is 0.134 e. The second-order valence-corrected chi connectivity index (χ2v) is 4.45. The Morgan fingerprint density at radius 2 is 1.92 bits per heavy atom.